The van der Waals surface area contributed by atoms with Gasteiger partial charge in [-0.05, 0) is 73.5 Å². The molecular weight excluding hydrogens is 568 g/mol. The van der Waals surface area contributed by atoms with Crippen LogP contribution in [0.4, 0.5) is 11.4 Å². The maximum absolute atomic E-state index is 14.0. The number of nitrogens with zero attached hydrogens (tertiary/aromatic N) is 2. The summed E-state index contributed by atoms with van der Waals surface area (Å²) >= 11 is 0. The summed E-state index contributed by atoms with van der Waals surface area (Å²) in [4.78, 5) is 37.9. The van der Waals surface area contributed by atoms with Crippen LogP contribution in [-0.4, -0.2) is 21.8 Å². The van der Waals surface area contributed by atoms with Crippen molar-refractivity contribution in [3.63, 3.8) is 0 Å². The number of rotatable bonds is 6. The van der Waals surface area contributed by atoms with Gasteiger partial charge in [-0.1, -0.05) is 84.9 Å². The smallest absolute Gasteiger partial charge is 0.256 e. The van der Waals surface area contributed by atoms with Crippen molar-refractivity contribution in [1.82, 2.24) is 9.97 Å². The molecule has 0 saturated heterocycles. The number of aromatic nitrogens is 2. The van der Waals surface area contributed by atoms with E-state index in [1.807, 2.05) is 147 Å². The van der Waals surface area contributed by atoms with Gasteiger partial charge >= 0.3 is 0 Å². The van der Waals surface area contributed by atoms with Gasteiger partial charge in [0.05, 0.1) is 33.5 Å². The molecule has 0 aliphatic rings. The van der Waals surface area contributed by atoms with Crippen LogP contribution in [-0.2, 0) is 0 Å². The van der Waals surface area contributed by atoms with Gasteiger partial charge in [-0.25, -0.2) is 9.97 Å². The molecule has 0 fully saturated rings. The van der Waals surface area contributed by atoms with E-state index in [4.69, 9.17) is 9.97 Å². The van der Waals surface area contributed by atoms with E-state index in [1.54, 1.807) is 0 Å². The Kier molecular flexibility index (Phi) is 7.53. The van der Waals surface area contributed by atoms with Crippen molar-refractivity contribution in [2.24, 2.45) is 0 Å². The Labute approximate surface area is 266 Å². The normalized spacial score (nSPS) is 11.0. The first-order valence-corrected chi connectivity index (χ1v) is 15.1. The minimum Gasteiger partial charge on any atom is -0.322 e. The quantitative estimate of drug-likeness (QED) is 0.187. The summed E-state index contributed by atoms with van der Waals surface area (Å²) in [5.41, 5.74) is 8.68. The number of pyridine rings is 2. The highest BCUT2D eigenvalue weighted by Gasteiger charge is 2.20. The number of hydrogen-bond acceptors (Lipinski definition) is 4. The second kappa shape index (κ2) is 12.1. The van der Waals surface area contributed by atoms with Crippen LogP contribution >= 0.6 is 0 Å². The lowest BCUT2D eigenvalue weighted by atomic mass is 9.98. The maximum Gasteiger partial charge on any atom is 0.256 e. The van der Waals surface area contributed by atoms with Crippen LogP contribution in [0.25, 0.3) is 44.3 Å². The molecule has 0 radical (unpaired) electrons. The van der Waals surface area contributed by atoms with Gasteiger partial charge in [0, 0.05) is 33.3 Å². The minimum atomic E-state index is -0.269. The molecule has 0 atom stereocenters. The Hall–Kier alpha value is -6.14. The van der Waals surface area contributed by atoms with Crippen LogP contribution in [0.2, 0.25) is 0 Å². The van der Waals surface area contributed by atoms with Gasteiger partial charge in [0.25, 0.3) is 11.8 Å². The Bertz CT molecular complexity index is 2110. The maximum atomic E-state index is 14.0. The van der Waals surface area contributed by atoms with Gasteiger partial charge in [0.1, 0.15) is 0 Å². The van der Waals surface area contributed by atoms with E-state index in [0.717, 1.165) is 22.3 Å². The number of anilines is 2. The monoisotopic (exact) mass is 598 g/mol. The van der Waals surface area contributed by atoms with Crippen LogP contribution in [0, 0.1) is 13.8 Å². The molecule has 0 aliphatic heterocycles. The summed E-state index contributed by atoms with van der Waals surface area (Å²) in [7, 11) is 0. The molecular formula is C40H30N4O2. The molecule has 2 heterocycles. The van der Waals surface area contributed by atoms with Crippen molar-refractivity contribution < 1.29 is 9.59 Å². The summed E-state index contributed by atoms with van der Waals surface area (Å²) in [5, 5.41) is 7.37. The second-order valence-electron chi connectivity index (χ2n) is 11.4. The first-order valence-electron chi connectivity index (χ1n) is 15.1. The fourth-order valence-corrected chi connectivity index (χ4v) is 5.68. The van der Waals surface area contributed by atoms with E-state index in [9.17, 15) is 9.59 Å². The average Bonchev–Trinajstić information content (AvgIpc) is 3.07. The van der Waals surface area contributed by atoms with Gasteiger partial charge < -0.3 is 10.6 Å². The van der Waals surface area contributed by atoms with E-state index in [-0.39, 0.29) is 11.8 Å². The molecule has 7 rings (SSSR count). The van der Waals surface area contributed by atoms with E-state index < -0.39 is 0 Å². The van der Waals surface area contributed by atoms with E-state index >= 15 is 0 Å². The Balaban J connectivity index is 1.45. The van der Waals surface area contributed by atoms with Crippen molar-refractivity contribution in [1.29, 1.82) is 0 Å². The number of nitrogens with one attached hydrogen (secondary N) is 2. The highest BCUT2D eigenvalue weighted by atomic mass is 16.2. The number of carbonyl (C=O) groups excluding carboxylic acids is 2. The lowest BCUT2D eigenvalue weighted by molar-refractivity contribution is 0.102. The third-order valence-corrected chi connectivity index (χ3v) is 7.92. The average molecular weight is 599 g/mol. The van der Waals surface area contributed by atoms with Gasteiger partial charge in [-0.15, -0.1) is 0 Å². The summed E-state index contributed by atoms with van der Waals surface area (Å²) in [6, 6.07) is 42.3. The minimum absolute atomic E-state index is 0.269. The summed E-state index contributed by atoms with van der Waals surface area (Å²) < 4.78 is 0. The molecule has 0 bridgehead atoms. The predicted molar refractivity (Wildman–Crippen MR) is 186 cm³/mol. The summed E-state index contributed by atoms with van der Waals surface area (Å²) in [6.07, 6.45) is 0. The van der Waals surface area contributed by atoms with Crippen LogP contribution in [0.3, 0.4) is 0 Å². The Morgan fingerprint density at radius 1 is 0.478 bits per heavy atom. The second-order valence-corrected chi connectivity index (χ2v) is 11.4. The number of carbonyl (C=O) groups is 2. The number of hydrogen-bond donors (Lipinski definition) is 2. The molecule has 2 N–H and O–H groups in total. The number of amides is 2. The lowest BCUT2D eigenvalue weighted by Gasteiger charge is -2.15. The summed E-state index contributed by atoms with van der Waals surface area (Å²) in [6.45, 7) is 3.97. The molecule has 2 amide bonds. The molecule has 6 heteroatoms. The highest BCUT2D eigenvalue weighted by Crippen LogP contribution is 2.32. The fourth-order valence-electron chi connectivity index (χ4n) is 5.68. The first kappa shape index (κ1) is 28.6. The fraction of sp³-hybridized carbons (Fsp3) is 0.0500. The van der Waals surface area contributed by atoms with Crippen molar-refractivity contribution in [3.05, 3.63) is 156 Å². The van der Waals surface area contributed by atoms with Crippen LogP contribution in [0.1, 0.15) is 31.8 Å². The summed E-state index contributed by atoms with van der Waals surface area (Å²) in [5.74, 6) is -0.539. The van der Waals surface area contributed by atoms with Crippen LogP contribution in [0.15, 0.2) is 133 Å². The van der Waals surface area contributed by atoms with Crippen LogP contribution in [0.5, 0.6) is 0 Å². The van der Waals surface area contributed by atoms with Crippen molar-refractivity contribution >= 4 is 45.0 Å². The van der Waals surface area contributed by atoms with Gasteiger partial charge in [-0.3, -0.25) is 9.59 Å². The molecule has 0 aliphatic carbocycles. The van der Waals surface area contributed by atoms with Gasteiger partial charge in [-0.2, -0.15) is 0 Å². The number of benzene rings is 5. The van der Waals surface area contributed by atoms with E-state index in [2.05, 4.69) is 10.6 Å². The third-order valence-electron chi connectivity index (χ3n) is 7.92. The Morgan fingerprint density at radius 2 is 0.913 bits per heavy atom. The molecule has 0 unspecified atom stereocenters. The Morgan fingerprint density at radius 3 is 1.33 bits per heavy atom. The third kappa shape index (κ3) is 5.84. The molecule has 46 heavy (non-hydrogen) atoms. The zero-order valence-electron chi connectivity index (χ0n) is 25.4. The van der Waals surface area contributed by atoms with Gasteiger partial charge in [0.15, 0.2) is 0 Å². The van der Waals surface area contributed by atoms with Crippen molar-refractivity contribution in [2.45, 2.75) is 13.8 Å². The number of aryl methyl sites for hydroxylation is 2. The first-order chi connectivity index (χ1) is 22.4. The SMILES string of the molecule is Cc1cccc(NC(=O)c2cc(-c3ccccc3)nc3cc4nc(-c5ccccc5)cc(C(=O)Nc5cccc(C)c5)c4cc23)c1. The van der Waals surface area contributed by atoms with Crippen molar-refractivity contribution in [3.8, 4) is 22.5 Å². The largest absolute Gasteiger partial charge is 0.322 e. The molecule has 2 aromatic heterocycles. The molecule has 6 nitrogen and oxygen atoms in total. The standard InChI is InChI=1S/C40H30N4O2/c1-25-11-9-17-29(19-25)41-39(45)33-22-35(27-13-5-3-6-14-27)43-37-24-38-32(21-31(33)37)34(23-36(44-38)28-15-7-4-8-16-28)40(46)42-30-18-10-12-26(2)20-30/h3-24H,1-2H3,(H,41,45)(H,42,46). The number of fused-ring (bicyclic) bond motifs is 2. The topological polar surface area (TPSA) is 84.0 Å². The molecule has 5 aromatic carbocycles. The molecule has 222 valence electrons. The van der Waals surface area contributed by atoms with E-state index in [1.165, 1.54) is 0 Å². The lowest BCUT2D eigenvalue weighted by Crippen LogP contribution is -2.14. The zero-order chi connectivity index (χ0) is 31.6. The van der Waals surface area contributed by atoms with Gasteiger partial charge in [0.2, 0.25) is 0 Å². The molecule has 7 aromatic rings. The van der Waals surface area contributed by atoms with E-state index in [0.29, 0.717) is 55.7 Å². The highest BCUT2D eigenvalue weighted by molar-refractivity contribution is 6.18. The zero-order valence-corrected chi connectivity index (χ0v) is 25.4. The molecule has 0 spiro atoms. The predicted octanol–water partition coefficient (Wildman–Crippen LogP) is 9.24. The molecule has 0 saturated carbocycles. The van der Waals surface area contributed by atoms with Crippen molar-refractivity contribution in [2.75, 3.05) is 10.6 Å². The van der Waals surface area contributed by atoms with Crippen LogP contribution < -0.4 is 10.6 Å².